The molecule has 2 rings (SSSR count). The number of rotatable bonds is 3. The second-order valence-corrected chi connectivity index (χ2v) is 4.58. The molecule has 0 aliphatic heterocycles. The molecule has 0 aliphatic carbocycles. The monoisotopic (exact) mass is 311 g/mol. The summed E-state index contributed by atoms with van der Waals surface area (Å²) >= 11 is 3.27. The van der Waals surface area contributed by atoms with Crippen LogP contribution in [0, 0.1) is 5.82 Å². The number of halogens is 2. The second kappa shape index (κ2) is 4.89. The van der Waals surface area contributed by atoms with Gasteiger partial charge < -0.3 is 5.73 Å². The Labute approximate surface area is 112 Å². The van der Waals surface area contributed by atoms with E-state index in [9.17, 15) is 9.18 Å². The molecule has 2 N–H and O–H groups in total. The highest BCUT2D eigenvalue weighted by Crippen LogP contribution is 2.21. The number of aromatic nitrogens is 2. The molecule has 0 spiro atoms. The van der Waals surface area contributed by atoms with E-state index in [-0.39, 0.29) is 17.0 Å². The summed E-state index contributed by atoms with van der Waals surface area (Å²) in [6.45, 7) is 2.43. The summed E-state index contributed by atoms with van der Waals surface area (Å²) in [5.41, 5.74) is 6.06. The first-order valence-corrected chi connectivity index (χ1v) is 6.15. The summed E-state index contributed by atoms with van der Waals surface area (Å²) in [7, 11) is 0. The molecule has 0 bridgehead atoms. The van der Waals surface area contributed by atoms with Gasteiger partial charge in [-0.3, -0.25) is 9.48 Å². The van der Waals surface area contributed by atoms with Gasteiger partial charge in [0.25, 0.3) is 0 Å². The fourth-order valence-corrected chi connectivity index (χ4v) is 2.11. The fourth-order valence-electron chi connectivity index (χ4n) is 1.63. The standard InChI is InChI=1S/C12H11BrFN3O/c1-2-17-11(8(13)6-16-17)12(18)7-3-4-10(15)9(14)5-7/h3-6H,2,15H2,1H3. The van der Waals surface area contributed by atoms with Crippen molar-refractivity contribution in [1.82, 2.24) is 9.78 Å². The highest BCUT2D eigenvalue weighted by molar-refractivity contribution is 9.10. The Bertz CT molecular complexity index is 609. The van der Waals surface area contributed by atoms with Crippen LogP contribution in [0.5, 0.6) is 0 Å². The van der Waals surface area contributed by atoms with Crippen LogP contribution in [-0.4, -0.2) is 15.6 Å². The highest BCUT2D eigenvalue weighted by Gasteiger charge is 2.19. The van der Waals surface area contributed by atoms with Crippen molar-refractivity contribution in [2.45, 2.75) is 13.5 Å². The number of anilines is 1. The summed E-state index contributed by atoms with van der Waals surface area (Å²) in [5, 5.41) is 4.05. The number of benzene rings is 1. The van der Waals surface area contributed by atoms with E-state index in [0.29, 0.717) is 16.7 Å². The number of nitrogens with zero attached hydrogens (tertiary/aromatic N) is 2. The average Bonchev–Trinajstić information content (AvgIpc) is 2.73. The van der Waals surface area contributed by atoms with Crippen LogP contribution < -0.4 is 5.73 Å². The van der Waals surface area contributed by atoms with Gasteiger partial charge in [-0.2, -0.15) is 5.10 Å². The molecule has 4 nitrogen and oxygen atoms in total. The zero-order chi connectivity index (χ0) is 13.3. The lowest BCUT2D eigenvalue weighted by molar-refractivity contribution is 0.102. The van der Waals surface area contributed by atoms with Gasteiger partial charge in [0.1, 0.15) is 11.5 Å². The predicted molar refractivity (Wildman–Crippen MR) is 69.8 cm³/mol. The van der Waals surface area contributed by atoms with Crippen molar-refractivity contribution in [3.05, 3.63) is 45.9 Å². The van der Waals surface area contributed by atoms with Crippen LogP contribution in [-0.2, 0) is 6.54 Å². The molecule has 0 saturated carbocycles. The van der Waals surface area contributed by atoms with E-state index in [4.69, 9.17) is 5.73 Å². The maximum Gasteiger partial charge on any atom is 0.212 e. The smallest absolute Gasteiger partial charge is 0.212 e. The first-order chi connectivity index (χ1) is 8.54. The SMILES string of the molecule is CCn1ncc(Br)c1C(=O)c1ccc(N)c(F)c1. The van der Waals surface area contributed by atoms with Crippen LogP contribution in [0.4, 0.5) is 10.1 Å². The molecule has 1 aromatic carbocycles. The maximum atomic E-state index is 13.4. The molecule has 0 saturated heterocycles. The van der Waals surface area contributed by atoms with E-state index < -0.39 is 5.82 Å². The topological polar surface area (TPSA) is 60.9 Å². The van der Waals surface area contributed by atoms with Gasteiger partial charge in [-0.1, -0.05) is 0 Å². The van der Waals surface area contributed by atoms with Crippen molar-refractivity contribution >= 4 is 27.4 Å². The van der Waals surface area contributed by atoms with Crippen LogP contribution in [0.15, 0.2) is 28.9 Å². The Morgan fingerprint density at radius 3 is 2.89 bits per heavy atom. The molecule has 18 heavy (non-hydrogen) atoms. The lowest BCUT2D eigenvalue weighted by atomic mass is 10.1. The molecule has 1 heterocycles. The predicted octanol–water partition coefficient (Wildman–Crippen LogP) is 2.62. The second-order valence-electron chi connectivity index (χ2n) is 3.72. The molecule has 0 atom stereocenters. The molecule has 0 unspecified atom stereocenters. The number of ketones is 1. The third-order valence-electron chi connectivity index (χ3n) is 2.57. The van der Waals surface area contributed by atoms with Crippen molar-refractivity contribution in [3.63, 3.8) is 0 Å². The lowest BCUT2D eigenvalue weighted by Gasteiger charge is -2.05. The summed E-state index contributed by atoms with van der Waals surface area (Å²) in [5.74, 6) is -0.889. The first-order valence-electron chi connectivity index (χ1n) is 5.35. The number of carbonyl (C=O) groups excluding carboxylic acids is 1. The van der Waals surface area contributed by atoms with Crippen molar-refractivity contribution in [2.75, 3.05) is 5.73 Å². The minimum Gasteiger partial charge on any atom is -0.396 e. The highest BCUT2D eigenvalue weighted by atomic mass is 79.9. The van der Waals surface area contributed by atoms with Crippen molar-refractivity contribution in [1.29, 1.82) is 0 Å². The number of carbonyl (C=O) groups is 1. The van der Waals surface area contributed by atoms with Gasteiger partial charge in [-0.05, 0) is 41.1 Å². The minimum atomic E-state index is -0.598. The molecule has 0 fully saturated rings. The van der Waals surface area contributed by atoms with E-state index >= 15 is 0 Å². The molecular weight excluding hydrogens is 301 g/mol. The van der Waals surface area contributed by atoms with Crippen LogP contribution in [0.1, 0.15) is 23.0 Å². The van der Waals surface area contributed by atoms with E-state index in [1.165, 1.54) is 12.1 Å². The molecule has 94 valence electrons. The van der Waals surface area contributed by atoms with E-state index in [1.807, 2.05) is 6.92 Å². The van der Waals surface area contributed by atoms with Gasteiger partial charge in [0.15, 0.2) is 0 Å². The fraction of sp³-hybridized carbons (Fsp3) is 0.167. The Hall–Kier alpha value is -1.69. The van der Waals surface area contributed by atoms with E-state index in [1.54, 1.807) is 10.9 Å². The zero-order valence-corrected chi connectivity index (χ0v) is 11.2. The molecule has 0 aliphatic rings. The normalized spacial score (nSPS) is 10.6. The van der Waals surface area contributed by atoms with Gasteiger partial charge >= 0.3 is 0 Å². The van der Waals surface area contributed by atoms with Gasteiger partial charge in [0, 0.05) is 12.1 Å². The molecule has 6 heteroatoms. The number of hydrogen-bond acceptors (Lipinski definition) is 3. The summed E-state index contributed by atoms with van der Waals surface area (Å²) in [6, 6.07) is 4.01. The summed E-state index contributed by atoms with van der Waals surface area (Å²) in [4.78, 5) is 12.3. The molecule has 2 aromatic rings. The molecule has 0 amide bonds. The Morgan fingerprint density at radius 1 is 1.56 bits per heavy atom. The third-order valence-corrected chi connectivity index (χ3v) is 3.15. The Balaban J connectivity index is 2.47. The number of hydrogen-bond donors (Lipinski definition) is 1. The van der Waals surface area contributed by atoms with Gasteiger partial charge in [0.05, 0.1) is 16.4 Å². The lowest BCUT2D eigenvalue weighted by Crippen LogP contribution is -2.11. The number of nitrogens with two attached hydrogens (primary N) is 1. The molecule has 1 aromatic heterocycles. The summed E-state index contributed by atoms with van der Waals surface area (Å²) < 4.78 is 15.5. The maximum absolute atomic E-state index is 13.4. The van der Waals surface area contributed by atoms with Crippen LogP contribution in [0.25, 0.3) is 0 Å². The van der Waals surface area contributed by atoms with Gasteiger partial charge in [0.2, 0.25) is 5.78 Å². The first kappa shape index (κ1) is 12.8. The van der Waals surface area contributed by atoms with Crippen LogP contribution in [0.2, 0.25) is 0 Å². The quantitative estimate of drug-likeness (QED) is 0.700. The molecule has 0 radical (unpaired) electrons. The minimum absolute atomic E-state index is 0.0228. The van der Waals surface area contributed by atoms with Gasteiger partial charge in [-0.25, -0.2) is 4.39 Å². The van der Waals surface area contributed by atoms with Crippen LogP contribution >= 0.6 is 15.9 Å². The van der Waals surface area contributed by atoms with Gasteiger partial charge in [-0.15, -0.1) is 0 Å². The van der Waals surface area contributed by atoms with Crippen molar-refractivity contribution in [2.24, 2.45) is 0 Å². The van der Waals surface area contributed by atoms with Crippen molar-refractivity contribution < 1.29 is 9.18 Å². The van der Waals surface area contributed by atoms with E-state index in [2.05, 4.69) is 21.0 Å². The Kier molecular flexibility index (Phi) is 3.47. The number of nitrogen functional groups attached to an aromatic ring is 1. The summed E-state index contributed by atoms with van der Waals surface area (Å²) in [6.07, 6.45) is 1.55. The zero-order valence-electron chi connectivity index (χ0n) is 9.65. The van der Waals surface area contributed by atoms with Crippen molar-refractivity contribution in [3.8, 4) is 0 Å². The third kappa shape index (κ3) is 2.15. The van der Waals surface area contributed by atoms with Crippen LogP contribution in [0.3, 0.4) is 0 Å². The average molecular weight is 312 g/mol. The number of aryl methyl sites for hydroxylation is 1. The largest absolute Gasteiger partial charge is 0.396 e. The van der Waals surface area contributed by atoms with E-state index in [0.717, 1.165) is 6.07 Å². The molecular formula is C12H11BrFN3O. The Morgan fingerprint density at radius 2 is 2.28 bits per heavy atom.